The SMILES string of the molecule is CC(C)(C)c1nc(COC(=O)c2c[nH]c3cc([N+](=O)[O-])ccc23)no1. The molecule has 0 saturated carbocycles. The summed E-state index contributed by atoms with van der Waals surface area (Å²) in [5, 5.41) is 15.1. The fourth-order valence-electron chi connectivity index (χ4n) is 2.22. The number of hydrogen-bond donors (Lipinski definition) is 1. The van der Waals surface area contributed by atoms with Crippen LogP contribution in [0.25, 0.3) is 10.9 Å². The van der Waals surface area contributed by atoms with Gasteiger partial charge in [-0.3, -0.25) is 10.1 Å². The van der Waals surface area contributed by atoms with Gasteiger partial charge in [0.05, 0.1) is 16.0 Å². The van der Waals surface area contributed by atoms with E-state index in [1.807, 2.05) is 20.8 Å². The van der Waals surface area contributed by atoms with Crippen molar-refractivity contribution in [1.82, 2.24) is 15.1 Å². The summed E-state index contributed by atoms with van der Waals surface area (Å²) >= 11 is 0. The maximum Gasteiger partial charge on any atom is 0.340 e. The predicted octanol–water partition coefficient (Wildman–Crippen LogP) is 3.11. The fraction of sp³-hybridized carbons (Fsp3) is 0.312. The molecule has 2 heterocycles. The average molecular weight is 344 g/mol. The number of H-pyrrole nitrogens is 1. The van der Waals surface area contributed by atoms with E-state index in [0.717, 1.165) is 0 Å². The molecule has 25 heavy (non-hydrogen) atoms. The standard InChI is InChI=1S/C16H16N4O5/c1-16(2,3)15-18-13(19-25-15)8-24-14(21)11-7-17-12-6-9(20(22)23)4-5-10(11)12/h4-7,17H,8H2,1-3H3. The Kier molecular flexibility index (Phi) is 3.99. The number of fused-ring (bicyclic) bond motifs is 1. The summed E-state index contributed by atoms with van der Waals surface area (Å²) in [5.74, 6) is 0.147. The van der Waals surface area contributed by atoms with Gasteiger partial charge in [0.15, 0.2) is 6.61 Å². The molecule has 0 atom stereocenters. The molecule has 3 rings (SSSR count). The highest BCUT2D eigenvalue weighted by atomic mass is 16.6. The van der Waals surface area contributed by atoms with Crippen LogP contribution in [0.5, 0.6) is 0 Å². The van der Waals surface area contributed by atoms with E-state index in [9.17, 15) is 14.9 Å². The zero-order valence-electron chi connectivity index (χ0n) is 13.9. The highest BCUT2D eigenvalue weighted by Crippen LogP contribution is 2.24. The third kappa shape index (κ3) is 3.35. The number of nitro groups is 1. The molecule has 0 amide bonds. The number of aromatic nitrogens is 3. The van der Waals surface area contributed by atoms with Crippen molar-refractivity contribution in [3.8, 4) is 0 Å². The van der Waals surface area contributed by atoms with Crippen molar-refractivity contribution in [2.45, 2.75) is 32.8 Å². The minimum absolute atomic E-state index is 0.0595. The van der Waals surface area contributed by atoms with Gasteiger partial charge in [0.1, 0.15) is 0 Å². The smallest absolute Gasteiger partial charge is 0.340 e. The molecule has 9 heteroatoms. The van der Waals surface area contributed by atoms with Crippen molar-refractivity contribution < 1.29 is 19.0 Å². The minimum Gasteiger partial charge on any atom is -0.454 e. The molecule has 9 nitrogen and oxygen atoms in total. The highest BCUT2D eigenvalue weighted by molar-refractivity contribution is 6.04. The summed E-state index contributed by atoms with van der Waals surface area (Å²) in [6, 6.07) is 4.20. The topological polar surface area (TPSA) is 124 Å². The van der Waals surface area contributed by atoms with Crippen LogP contribution in [0.2, 0.25) is 0 Å². The Bertz CT molecular complexity index is 951. The Morgan fingerprint density at radius 1 is 1.40 bits per heavy atom. The summed E-state index contributed by atoms with van der Waals surface area (Å²) < 4.78 is 10.3. The molecule has 0 unspecified atom stereocenters. The van der Waals surface area contributed by atoms with Gasteiger partial charge in [0, 0.05) is 29.1 Å². The number of ether oxygens (including phenoxy) is 1. The fourth-order valence-corrected chi connectivity index (χ4v) is 2.22. The van der Waals surface area contributed by atoms with Crippen LogP contribution >= 0.6 is 0 Å². The van der Waals surface area contributed by atoms with Crippen LogP contribution in [0.3, 0.4) is 0 Å². The number of esters is 1. The molecule has 1 N–H and O–H groups in total. The van der Waals surface area contributed by atoms with Gasteiger partial charge in [-0.1, -0.05) is 25.9 Å². The van der Waals surface area contributed by atoms with Gasteiger partial charge < -0.3 is 14.2 Å². The molecule has 0 saturated heterocycles. The normalized spacial score (nSPS) is 11.6. The number of nitro benzene ring substituents is 1. The van der Waals surface area contributed by atoms with Gasteiger partial charge in [0.25, 0.3) is 5.69 Å². The van der Waals surface area contributed by atoms with Crippen LogP contribution in [-0.2, 0) is 16.8 Å². The second kappa shape index (κ2) is 6.00. The second-order valence-electron chi connectivity index (χ2n) is 6.53. The third-order valence-corrected chi connectivity index (χ3v) is 3.54. The summed E-state index contributed by atoms with van der Waals surface area (Å²) in [7, 11) is 0. The summed E-state index contributed by atoms with van der Waals surface area (Å²) in [5.41, 5.74) is 0.414. The monoisotopic (exact) mass is 344 g/mol. The summed E-state index contributed by atoms with van der Waals surface area (Å²) in [6.07, 6.45) is 1.45. The van der Waals surface area contributed by atoms with Crippen molar-refractivity contribution in [3.63, 3.8) is 0 Å². The lowest BCUT2D eigenvalue weighted by atomic mass is 9.97. The predicted molar refractivity (Wildman–Crippen MR) is 87.1 cm³/mol. The van der Waals surface area contributed by atoms with Crippen molar-refractivity contribution >= 4 is 22.6 Å². The number of nitrogens with one attached hydrogen (secondary N) is 1. The van der Waals surface area contributed by atoms with E-state index in [-0.39, 0.29) is 29.1 Å². The Balaban J connectivity index is 1.74. The largest absolute Gasteiger partial charge is 0.454 e. The number of carbonyl (C=O) groups excluding carboxylic acids is 1. The molecule has 1 aromatic carbocycles. The number of nitrogens with zero attached hydrogens (tertiary/aromatic N) is 3. The zero-order chi connectivity index (χ0) is 18.2. The molecule has 130 valence electrons. The van der Waals surface area contributed by atoms with Crippen LogP contribution < -0.4 is 0 Å². The molecular formula is C16H16N4O5. The van der Waals surface area contributed by atoms with E-state index < -0.39 is 10.9 Å². The molecule has 0 fully saturated rings. The van der Waals surface area contributed by atoms with Crippen LogP contribution in [0.15, 0.2) is 28.9 Å². The second-order valence-corrected chi connectivity index (χ2v) is 6.53. The van der Waals surface area contributed by atoms with Gasteiger partial charge in [-0.2, -0.15) is 4.98 Å². The average Bonchev–Trinajstić information content (AvgIpc) is 3.18. The van der Waals surface area contributed by atoms with Gasteiger partial charge in [-0.15, -0.1) is 0 Å². The van der Waals surface area contributed by atoms with E-state index in [1.165, 1.54) is 24.4 Å². The maximum atomic E-state index is 12.3. The Labute approximate surface area is 142 Å². The van der Waals surface area contributed by atoms with Crippen LogP contribution in [0.1, 0.15) is 42.8 Å². The third-order valence-electron chi connectivity index (χ3n) is 3.54. The first kappa shape index (κ1) is 16.6. The number of aromatic amines is 1. The van der Waals surface area contributed by atoms with Crippen molar-refractivity contribution in [3.05, 3.63) is 51.8 Å². The van der Waals surface area contributed by atoms with E-state index >= 15 is 0 Å². The van der Waals surface area contributed by atoms with Gasteiger partial charge in [-0.25, -0.2) is 4.79 Å². The lowest BCUT2D eigenvalue weighted by molar-refractivity contribution is -0.384. The first-order valence-electron chi connectivity index (χ1n) is 7.51. The van der Waals surface area contributed by atoms with Crippen molar-refractivity contribution in [2.24, 2.45) is 0 Å². The highest BCUT2D eigenvalue weighted by Gasteiger charge is 2.22. The molecule has 0 bridgehead atoms. The quantitative estimate of drug-likeness (QED) is 0.438. The summed E-state index contributed by atoms with van der Waals surface area (Å²) in [4.78, 5) is 29.6. The zero-order valence-corrected chi connectivity index (χ0v) is 13.9. The first-order chi connectivity index (χ1) is 11.8. The van der Waals surface area contributed by atoms with Gasteiger partial charge >= 0.3 is 5.97 Å². The van der Waals surface area contributed by atoms with Crippen LogP contribution in [0.4, 0.5) is 5.69 Å². The van der Waals surface area contributed by atoms with Gasteiger partial charge in [0.2, 0.25) is 11.7 Å². The molecular weight excluding hydrogens is 328 g/mol. The van der Waals surface area contributed by atoms with Crippen LogP contribution in [-0.4, -0.2) is 26.0 Å². The molecule has 0 aliphatic carbocycles. The van der Waals surface area contributed by atoms with Crippen molar-refractivity contribution in [2.75, 3.05) is 0 Å². The maximum absolute atomic E-state index is 12.3. The Morgan fingerprint density at radius 2 is 2.16 bits per heavy atom. The van der Waals surface area contributed by atoms with E-state index in [2.05, 4.69) is 15.1 Å². The number of hydrogen-bond acceptors (Lipinski definition) is 7. The van der Waals surface area contributed by atoms with Crippen molar-refractivity contribution in [1.29, 1.82) is 0 Å². The van der Waals surface area contributed by atoms with E-state index in [1.54, 1.807) is 0 Å². The Hall–Kier alpha value is -3.23. The lowest BCUT2D eigenvalue weighted by Crippen LogP contribution is -2.12. The first-order valence-corrected chi connectivity index (χ1v) is 7.51. The lowest BCUT2D eigenvalue weighted by Gasteiger charge is -2.10. The number of benzene rings is 1. The minimum atomic E-state index is -0.581. The van der Waals surface area contributed by atoms with Gasteiger partial charge in [-0.05, 0) is 6.07 Å². The molecule has 2 aromatic heterocycles. The molecule has 0 aliphatic heterocycles. The summed E-state index contributed by atoms with van der Waals surface area (Å²) in [6.45, 7) is 5.67. The van der Waals surface area contributed by atoms with E-state index in [4.69, 9.17) is 9.26 Å². The number of carbonyl (C=O) groups is 1. The molecule has 0 aliphatic rings. The Morgan fingerprint density at radius 3 is 2.80 bits per heavy atom. The van der Waals surface area contributed by atoms with Crippen LogP contribution in [0, 0.1) is 10.1 Å². The number of rotatable bonds is 4. The van der Waals surface area contributed by atoms with E-state index in [0.29, 0.717) is 16.8 Å². The number of non-ortho nitro benzene ring substituents is 1. The molecule has 0 radical (unpaired) electrons. The molecule has 3 aromatic rings. The molecule has 0 spiro atoms.